The minimum absolute atomic E-state index is 0.208. The van der Waals surface area contributed by atoms with Gasteiger partial charge in [-0.25, -0.2) is 4.79 Å². The summed E-state index contributed by atoms with van der Waals surface area (Å²) in [4.78, 5) is 28.5. The number of esters is 1. The maximum atomic E-state index is 13.5. The van der Waals surface area contributed by atoms with Crippen molar-refractivity contribution >= 4 is 17.6 Å². The number of ether oxygens (including phenoxy) is 1. The fourth-order valence-corrected chi connectivity index (χ4v) is 4.84. The van der Waals surface area contributed by atoms with Crippen LogP contribution in [0.1, 0.15) is 45.1 Å². The number of benzene rings is 1. The number of amides is 1. The van der Waals surface area contributed by atoms with Crippen LogP contribution in [0.2, 0.25) is 0 Å². The number of carbonyl (C=O) groups excluding carboxylic acids is 2. The Balaban J connectivity index is 2.07. The van der Waals surface area contributed by atoms with E-state index < -0.39 is 11.4 Å². The van der Waals surface area contributed by atoms with Gasteiger partial charge >= 0.3 is 5.97 Å². The molecule has 3 aliphatic rings. The Morgan fingerprint density at radius 2 is 2.00 bits per heavy atom. The number of rotatable bonds is 3. The predicted octanol–water partition coefficient (Wildman–Crippen LogP) is 2.77. The van der Waals surface area contributed by atoms with Crippen molar-refractivity contribution in [2.24, 2.45) is 5.73 Å². The molecular formula is C21H25N3O3. The summed E-state index contributed by atoms with van der Waals surface area (Å²) >= 11 is 0. The van der Waals surface area contributed by atoms with Gasteiger partial charge in [-0.05, 0) is 51.2 Å². The second kappa shape index (κ2) is 6.44. The van der Waals surface area contributed by atoms with Gasteiger partial charge in [0.2, 0.25) is 5.91 Å². The van der Waals surface area contributed by atoms with Crippen molar-refractivity contribution in [3.63, 3.8) is 0 Å². The highest BCUT2D eigenvalue weighted by atomic mass is 16.5. The lowest BCUT2D eigenvalue weighted by molar-refractivity contribution is -0.140. The van der Waals surface area contributed by atoms with Gasteiger partial charge in [-0.1, -0.05) is 18.2 Å². The molecule has 1 aromatic rings. The van der Waals surface area contributed by atoms with E-state index in [2.05, 4.69) is 5.32 Å². The first-order valence-electron chi connectivity index (χ1n) is 9.65. The lowest BCUT2D eigenvalue weighted by Gasteiger charge is -2.45. The molecule has 4 rings (SSSR count). The van der Waals surface area contributed by atoms with Crippen LogP contribution in [0.4, 0.5) is 5.69 Å². The van der Waals surface area contributed by atoms with E-state index in [1.807, 2.05) is 36.1 Å². The third-order valence-corrected chi connectivity index (χ3v) is 5.85. The molecule has 6 heteroatoms. The number of nitrogens with zero attached hydrogens (tertiary/aromatic N) is 1. The lowest BCUT2D eigenvalue weighted by atomic mass is 9.64. The maximum Gasteiger partial charge on any atom is 0.339 e. The van der Waals surface area contributed by atoms with Crippen LogP contribution >= 0.6 is 0 Å². The van der Waals surface area contributed by atoms with E-state index in [1.54, 1.807) is 6.92 Å². The zero-order chi connectivity index (χ0) is 19.2. The van der Waals surface area contributed by atoms with Crippen molar-refractivity contribution < 1.29 is 14.3 Å². The van der Waals surface area contributed by atoms with Crippen molar-refractivity contribution in [2.45, 2.75) is 44.9 Å². The third-order valence-electron chi connectivity index (χ3n) is 5.85. The van der Waals surface area contributed by atoms with Gasteiger partial charge in [-0.2, -0.15) is 0 Å². The van der Waals surface area contributed by atoms with Gasteiger partial charge in [0, 0.05) is 23.5 Å². The largest absolute Gasteiger partial charge is 0.462 e. The number of nitrogens with two attached hydrogens (primary N) is 1. The van der Waals surface area contributed by atoms with Crippen molar-refractivity contribution in [3.05, 3.63) is 52.5 Å². The van der Waals surface area contributed by atoms with Gasteiger partial charge in [0.05, 0.1) is 6.61 Å². The van der Waals surface area contributed by atoms with Crippen LogP contribution in [-0.2, 0) is 19.7 Å². The summed E-state index contributed by atoms with van der Waals surface area (Å²) in [5, 5.41) is 2.98. The molecule has 1 aliphatic carbocycles. The topological polar surface area (TPSA) is 84.7 Å². The van der Waals surface area contributed by atoms with E-state index in [-0.39, 0.29) is 18.1 Å². The van der Waals surface area contributed by atoms with Crippen LogP contribution in [-0.4, -0.2) is 29.9 Å². The van der Waals surface area contributed by atoms with Gasteiger partial charge in [-0.3, -0.25) is 4.79 Å². The number of fused-ring (bicyclic) bond motifs is 3. The van der Waals surface area contributed by atoms with Gasteiger partial charge < -0.3 is 20.7 Å². The molecule has 1 unspecified atom stereocenters. The number of carbonyl (C=O) groups is 2. The van der Waals surface area contributed by atoms with Crippen molar-refractivity contribution in [2.75, 3.05) is 18.5 Å². The molecule has 2 heterocycles. The second-order valence-corrected chi connectivity index (χ2v) is 7.11. The number of nitrogens with one attached hydrogen (secondary N) is 1. The maximum absolute atomic E-state index is 13.5. The summed E-state index contributed by atoms with van der Waals surface area (Å²) < 4.78 is 5.37. The number of hydrogen-bond donors (Lipinski definition) is 2. The Kier molecular flexibility index (Phi) is 4.21. The Morgan fingerprint density at radius 3 is 2.74 bits per heavy atom. The summed E-state index contributed by atoms with van der Waals surface area (Å²) in [6, 6.07) is 7.57. The van der Waals surface area contributed by atoms with Crippen LogP contribution in [0.15, 0.2) is 46.9 Å². The van der Waals surface area contributed by atoms with E-state index in [9.17, 15) is 9.59 Å². The molecule has 1 spiro atoms. The van der Waals surface area contributed by atoms with E-state index in [1.165, 1.54) is 0 Å². The molecular weight excluding hydrogens is 342 g/mol. The Morgan fingerprint density at radius 1 is 1.26 bits per heavy atom. The van der Waals surface area contributed by atoms with Crippen molar-refractivity contribution in [3.8, 4) is 0 Å². The minimum Gasteiger partial charge on any atom is -0.462 e. The molecule has 0 saturated carbocycles. The number of hydrogen-bond acceptors (Lipinski definition) is 5. The molecule has 1 aromatic carbocycles. The summed E-state index contributed by atoms with van der Waals surface area (Å²) in [5.74, 6) is -0.388. The first-order valence-corrected chi connectivity index (χ1v) is 9.65. The summed E-state index contributed by atoms with van der Waals surface area (Å²) in [5.41, 5.74) is 9.22. The fourth-order valence-electron chi connectivity index (χ4n) is 4.84. The highest BCUT2D eigenvalue weighted by Gasteiger charge is 2.59. The molecule has 2 aliphatic heterocycles. The molecule has 27 heavy (non-hydrogen) atoms. The average Bonchev–Trinajstić information content (AvgIpc) is 2.95. The molecule has 1 atom stereocenters. The van der Waals surface area contributed by atoms with Crippen LogP contribution in [0.25, 0.3) is 0 Å². The zero-order valence-corrected chi connectivity index (χ0v) is 15.8. The first-order chi connectivity index (χ1) is 13.1. The van der Waals surface area contributed by atoms with Gasteiger partial charge in [0.1, 0.15) is 16.8 Å². The van der Waals surface area contributed by atoms with Crippen LogP contribution < -0.4 is 11.1 Å². The number of allylic oxidation sites excluding steroid dienone is 1. The fraction of sp³-hybridized carbons (Fsp3) is 0.429. The summed E-state index contributed by atoms with van der Waals surface area (Å²) in [7, 11) is 0. The summed E-state index contributed by atoms with van der Waals surface area (Å²) in [6.45, 7) is 4.64. The predicted molar refractivity (Wildman–Crippen MR) is 102 cm³/mol. The normalized spacial score (nSPS) is 24.1. The molecule has 0 aromatic heterocycles. The molecule has 0 saturated heterocycles. The number of anilines is 1. The molecule has 1 amide bonds. The average molecular weight is 367 g/mol. The highest BCUT2D eigenvalue weighted by Crippen LogP contribution is 2.55. The third kappa shape index (κ3) is 2.25. The summed E-state index contributed by atoms with van der Waals surface area (Å²) in [6.07, 6.45) is 3.67. The monoisotopic (exact) mass is 367 g/mol. The minimum atomic E-state index is -1.19. The zero-order valence-electron chi connectivity index (χ0n) is 15.8. The Hall–Kier alpha value is -2.76. The molecule has 3 N–H and O–H groups in total. The molecule has 142 valence electrons. The second-order valence-electron chi connectivity index (χ2n) is 7.11. The first kappa shape index (κ1) is 17.6. The molecule has 0 radical (unpaired) electrons. The molecule has 0 bridgehead atoms. The van der Waals surface area contributed by atoms with Gasteiger partial charge in [-0.15, -0.1) is 0 Å². The SMILES string of the molecule is CCOC(=O)C1=C(N)N(CC)C2=C(CCCC2)C12C(=O)Nc1ccccc12. The smallest absolute Gasteiger partial charge is 0.339 e. The highest BCUT2D eigenvalue weighted by molar-refractivity contribution is 6.17. The van der Waals surface area contributed by atoms with Crippen LogP contribution in [0, 0.1) is 0 Å². The quantitative estimate of drug-likeness (QED) is 0.803. The van der Waals surface area contributed by atoms with E-state index >= 15 is 0 Å². The van der Waals surface area contributed by atoms with Crippen molar-refractivity contribution in [1.29, 1.82) is 0 Å². The number of para-hydroxylation sites is 1. The lowest BCUT2D eigenvalue weighted by Crippen LogP contribution is -2.51. The molecule has 6 nitrogen and oxygen atoms in total. The Labute approximate surface area is 159 Å². The standard InChI is InChI=1S/C21H25N3O3/c1-3-24-16-12-8-6-10-14(16)21(17(18(24)22)19(25)27-4-2)13-9-5-7-11-15(13)23-20(21)26/h5,7,9,11H,3-4,6,8,10,12,22H2,1-2H3,(H,23,26). The van der Waals surface area contributed by atoms with E-state index in [0.29, 0.717) is 12.4 Å². The van der Waals surface area contributed by atoms with Crippen LogP contribution in [0.3, 0.4) is 0 Å². The van der Waals surface area contributed by atoms with Gasteiger partial charge in [0.25, 0.3) is 0 Å². The van der Waals surface area contributed by atoms with Crippen molar-refractivity contribution in [1.82, 2.24) is 4.90 Å². The van der Waals surface area contributed by atoms with E-state index in [0.717, 1.165) is 48.2 Å². The molecule has 0 fully saturated rings. The van der Waals surface area contributed by atoms with Gasteiger partial charge in [0.15, 0.2) is 0 Å². The Bertz CT molecular complexity index is 886. The van der Waals surface area contributed by atoms with Crippen LogP contribution in [0.5, 0.6) is 0 Å². The van der Waals surface area contributed by atoms with E-state index in [4.69, 9.17) is 10.5 Å².